The minimum absolute atomic E-state index is 0.0207. The van der Waals surface area contributed by atoms with Gasteiger partial charge in [-0.2, -0.15) is 0 Å². The topological polar surface area (TPSA) is 61.9 Å². The Morgan fingerprint density at radius 2 is 1.86 bits per heavy atom. The summed E-state index contributed by atoms with van der Waals surface area (Å²) in [5, 5.41) is 2.97. The van der Waals surface area contributed by atoms with E-state index in [1.54, 1.807) is 0 Å². The second-order valence-corrected chi connectivity index (χ2v) is 6.32. The fourth-order valence-corrected chi connectivity index (χ4v) is 2.96. The molecule has 0 aromatic rings. The van der Waals surface area contributed by atoms with Crippen molar-refractivity contribution >= 4 is 11.8 Å². The maximum atomic E-state index is 12.3. The summed E-state index contributed by atoms with van der Waals surface area (Å²) < 4.78 is 5.55. The Labute approximate surface area is 125 Å². The monoisotopic (exact) mass is 295 g/mol. The van der Waals surface area contributed by atoms with Gasteiger partial charge in [-0.05, 0) is 32.1 Å². The van der Waals surface area contributed by atoms with Gasteiger partial charge >= 0.3 is 0 Å². The number of rotatable bonds is 4. The lowest BCUT2D eigenvalue weighted by molar-refractivity contribution is -0.143. The van der Waals surface area contributed by atoms with Crippen LogP contribution in [0.25, 0.3) is 0 Å². The highest BCUT2D eigenvalue weighted by atomic mass is 16.5. The quantitative estimate of drug-likeness (QED) is 0.792. The molecule has 1 aliphatic carbocycles. The number of ether oxygens (including phenoxy) is 1. The molecule has 1 unspecified atom stereocenters. The van der Waals surface area contributed by atoms with E-state index in [1.807, 2.05) is 4.90 Å². The number of hydrogen-bond donors (Lipinski definition) is 1. The van der Waals surface area contributed by atoms with Crippen LogP contribution in [0.3, 0.4) is 0 Å². The van der Waals surface area contributed by atoms with Gasteiger partial charge in [0.1, 0.15) is 6.10 Å². The van der Waals surface area contributed by atoms with Crippen LogP contribution in [-0.2, 0) is 14.3 Å². The van der Waals surface area contributed by atoms with Gasteiger partial charge < -0.3 is 15.0 Å². The molecule has 0 aromatic carbocycles. The zero-order valence-electron chi connectivity index (χ0n) is 12.6. The van der Waals surface area contributed by atoms with E-state index in [0.29, 0.717) is 25.7 Å². The second kappa shape index (κ2) is 6.75. The average molecular weight is 295 g/mol. The molecule has 21 heavy (non-hydrogen) atoms. The number of nitrogens with zero attached hydrogens (tertiary/aromatic N) is 2. The van der Waals surface area contributed by atoms with Crippen LogP contribution < -0.4 is 5.32 Å². The van der Waals surface area contributed by atoms with E-state index < -0.39 is 6.10 Å². The smallest absolute Gasteiger partial charge is 0.250 e. The lowest BCUT2D eigenvalue weighted by Crippen LogP contribution is -2.53. The first kappa shape index (κ1) is 14.8. The van der Waals surface area contributed by atoms with Crippen LogP contribution in [0.4, 0.5) is 0 Å². The maximum absolute atomic E-state index is 12.3. The Hall–Kier alpha value is -1.14. The van der Waals surface area contributed by atoms with Gasteiger partial charge in [-0.25, -0.2) is 0 Å². The molecule has 1 atom stereocenters. The Kier molecular flexibility index (Phi) is 4.75. The fraction of sp³-hybridized carbons (Fsp3) is 0.867. The molecule has 0 spiro atoms. The summed E-state index contributed by atoms with van der Waals surface area (Å²) in [6.07, 6.45) is 5.19. The minimum Gasteiger partial charge on any atom is -0.366 e. The van der Waals surface area contributed by atoms with Gasteiger partial charge in [0.05, 0.1) is 13.2 Å². The van der Waals surface area contributed by atoms with Crippen LogP contribution in [0.5, 0.6) is 0 Å². The van der Waals surface area contributed by atoms with E-state index in [4.69, 9.17) is 4.74 Å². The molecule has 1 saturated carbocycles. The second-order valence-electron chi connectivity index (χ2n) is 6.32. The third-order valence-electron chi connectivity index (χ3n) is 4.43. The van der Waals surface area contributed by atoms with Crippen molar-refractivity contribution in [2.75, 3.05) is 39.3 Å². The van der Waals surface area contributed by atoms with Crippen molar-refractivity contribution in [3.8, 4) is 0 Å². The molecule has 6 nitrogen and oxygen atoms in total. The third kappa shape index (κ3) is 4.17. The molecule has 0 radical (unpaired) electrons. The van der Waals surface area contributed by atoms with Crippen molar-refractivity contribution in [1.82, 2.24) is 15.1 Å². The average Bonchev–Trinajstić information content (AvgIpc) is 3.32. The summed E-state index contributed by atoms with van der Waals surface area (Å²) in [4.78, 5) is 28.3. The lowest BCUT2D eigenvalue weighted by Gasteiger charge is -2.34. The highest BCUT2D eigenvalue weighted by Crippen LogP contribution is 2.19. The first-order valence-electron chi connectivity index (χ1n) is 8.14. The summed E-state index contributed by atoms with van der Waals surface area (Å²) in [7, 11) is 0. The van der Waals surface area contributed by atoms with E-state index in [1.165, 1.54) is 6.42 Å². The molecule has 2 amide bonds. The molecular weight excluding hydrogens is 270 g/mol. The van der Waals surface area contributed by atoms with Crippen LogP contribution in [0.15, 0.2) is 0 Å². The highest BCUT2D eigenvalue weighted by Gasteiger charge is 2.32. The molecule has 2 aliphatic heterocycles. The van der Waals surface area contributed by atoms with E-state index >= 15 is 0 Å². The number of amides is 2. The largest absolute Gasteiger partial charge is 0.366 e. The SMILES string of the molecule is O=C(NC1CC1)C1CN(CC(=O)N2CCCCC2)CCO1. The Balaban J connectivity index is 1.46. The van der Waals surface area contributed by atoms with E-state index in [0.717, 1.165) is 45.3 Å². The Morgan fingerprint density at radius 3 is 2.57 bits per heavy atom. The predicted octanol–water partition coefficient (Wildman–Crippen LogP) is -0.0217. The molecule has 0 aromatic heterocycles. The van der Waals surface area contributed by atoms with Crippen LogP contribution in [-0.4, -0.2) is 73.1 Å². The summed E-state index contributed by atoms with van der Waals surface area (Å²) in [5.41, 5.74) is 0. The lowest BCUT2D eigenvalue weighted by atomic mass is 10.1. The Bertz CT molecular complexity index is 392. The summed E-state index contributed by atoms with van der Waals surface area (Å²) in [6, 6.07) is 0.353. The van der Waals surface area contributed by atoms with Crippen molar-refractivity contribution in [2.45, 2.75) is 44.2 Å². The number of carbonyl (C=O) groups is 2. The molecule has 3 rings (SSSR count). The summed E-state index contributed by atoms with van der Waals surface area (Å²) in [6.45, 7) is 3.96. The summed E-state index contributed by atoms with van der Waals surface area (Å²) >= 11 is 0. The minimum atomic E-state index is -0.423. The van der Waals surface area contributed by atoms with Crippen molar-refractivity contribution in [1.29, 1.82) is 0 Å². The number of piperidine rings is 1. The van der Waals surface area contributed by atoms with Crippen LogP contribution in [0.2, 0.25) is 0 Å². The van der Waals surface area contributed by atoms with Crippen molar-refractivity contribution in [2.24, 2.45) is 0 Å². The molecule has 0 bridgehead atoms. The predicted molar refractivity (Wildman–Crippen MR) is 77.8 cm³/mol. The zero-order valence-corrected chi connectivity index (χ0v) is 12.6. The number of hydrogen-bond acceptors (Lipinski definition) is 4. The van der Waals surface area contributed by atoms with E-state index in [-0.39, 0.29) is 11.8 Å². The molecule has 1 N–H and O–H groups in total. The first-order valence-corrected chi connectivity index (χ1v) is 8.14. The van der Waals surface area contributed by atoms with Gasteiger partial charge in [0, 0.05) is 32.2 Å². The van der Waals surface area contributed by atoms with Crippen molar-refractivity contribution < 1.29 is 14.3 Å². The number of likely N-dealkylation sites (tertiary alicyclic amines) is 1. The summed E-state index contributed by atoms with van der Waals surface area (Å²) in [5.74, 6) is 0.172. The highest BCUT2D eigenvalue weighted by molar-refractivity contribution is 5.82. The Morgan fingerprint density at radius 1 is 1.10 bits per heavy atom. The molecule has 118 valence electrons. The first-order chi connectivity index (χ1) is 10.2. The number of carbonyl (C=O) groups excluding carboxylic acids is 2. The van der Waals surface area contributed by atoms with E-state index in [2.05, 4.69) is 10.2 Å². The van der Waals surface area contributed by atoms with Crippen molar-refractivity contribution in [3.05, 3.63) is 0 Å². The van der Waals surface area contributed by atoms with Gasteiger partial charge in [0.25, 0.3) is 5.91 Å². The van der Waals surface area contributed by atoms with E-state index in [9.17, 15) is 9.59 Å². The fourth-order valence-electron chi connectivity index (χ4n) is 2.96. The molecule has 2 heterocycles. The van der Waals surface area contributed by atoms with Gasteiger partial charge in [-0.3, -0.25) is 14.5 Å². The zero-order chi connectivity index (χ0) is 14.7. The molecule has 3 fully saturated rings. The standard InChI is InChI=1S/C15H25N3O3/c19-14(18-6-2-1-3-7-18)11-17-8-9-21-13(10-17)15(20)16-12-4-5-12/h12-13H,1-11H2,(H,16,20). The van der Waals surface area contributed by atoms with Gasteiger partial charge in [-0.15, -0.1) is 0 Å². The molecular formula is C15H25N3O3. The van der Waals surface area contributed by atoms with Crippen LogP contribution in [0.1, 0.15) is 32.1 Å². The van der Waals surface area contributed by atoms with Crippen LogP contribution >= 0.6 is 0 Å². The van der Waals surface area contributed by atoms with Gasteiger partial charge in [0.2, 0.25) is 5.91 Å². The van der Waals surface area contributed by atoms with Crippen LogP contribution in [0, 0.1) is 0 Å². The number of morpholine rings is 1. The number of nitrogens with one attached hydrogen (secondary N) is 1. The van der Waals surface area contributed by atoms with Gasteiger partial charge in [0.15, 0.2) is 0 Å². The normalized spacial score (nSPS) is 27.4. The third-order valence-corrected chi connectivity index (χ3v) is 4.43. The maximum Gasteiger partial charge on any atom is 0.250 e. The molecule has 3 aliphatic rings. The molecule has 6 heteroatoms. The van der Waals surface area contributed by atoms with Gasteiger partial charge in [-0.1, -0.05) is 0 Å². The van der Waals surface area contributed by atoms with Crippen molar-refractivity contribution in [3.63, 3.8) is 0 Å². The molecule has 2 saturated heterocycles.